The number of halogens is 1. The summed E-state index contributed by atoms with van der Waals surface area (Å²) in [6, 6.07) is 4.29. The van der Waals surface area contributed by atoms with Crippen molar-refractivity contribution < 1.29 is 0 Å². The normalized spacial score (nSPS) is 14.4. The molecule has 0 atom stereocenters. The molecule has 1 aromatic heterocycles. The van der Waals surface area contributed by atoms with Gasteiger partial charge in [0.25, 0.3) is 0 Å². The summed E-state index contributed by atoms with van der Waals surface area (Å²) in [5.41, 5.74) is 3.54. The maximum atomic E-state index is 4.54. The predicted octanol–water partition coefficient (Wildman–Crippen LogP) is 2.53. The second-order valence-electron chi connectivity index (χ2n) is 3.63. The number of hydrogen-bond acceptors (Lipinski definition) is 2. The summed E-state index contributed by atoms with van der Waals surface area (Å²) in [7, 11) is 0. The Balaban J connectivity index is 2.43. The van der Waals surface area contributed by atoms with Crippen molar-refractivity contribution in [2.75, 3.05) is 11.9 Å². The Bertz CT molecular complexity index is 516. The van der Waals surface area contributed by atoms with Crippen LogP contribution in [-0.4, -0.2) is 16.1 Å². The van der Waals surface area contributed by atoms with Gasteiger partial charge in [-0.1, -0.05) is 0 Å². The van der Waals surface area contributed by atoms with Crippen LogP contribution >= 0.6 is 15.9 Å². The van der Waals surface area contributed by atoms with E-state index in [1.54, 1.807) is 0 Å². The molecule has 0 aliphatic carbocycles. The number of rotatable bonds is 0. The molecule has 14 heavy (non-hydrogen) atoms. The van der Waals surface area contributed by atoms with E-state index in [0.717, 1.165) is 29.0 Å². The molecule has 3 nitrogen and oxygen atoms in total. The van der Waals surface area contributed by atoms with Crippen LogP contribution in [0.2, 0.25) is 0 Å². The molecule has 1 aromatic carbocycles. The number of hydrogen-bond donors (Lipinski definition) is 1. The fraction of sp³-hybridized carbons (Fsp3) is 0.300. The van der Waals surface area contributed by atoms with Gasteiger partial charge >= 0.3 is 0 Å². The van der Waals surface area contributed by atoms with Gasteiger partial charge in [0.1, 0.15) is 5.52 Å². The van der Waals surface area contributed by atoms with Crippen LogP contribution in [-0.2, 0) is 6.54 Å². The summed E-state index contributed by atoms with van der Waals surface area (Å²) in [6.45, 7) is 4.11. The monoisotopic (exact) mass is 251 g/mol. The Kier molecular flexibility index (Phi) is 1.62. The molecule has 0 saturated carbocycles. The molecule has 72 valence electrons. The lowest BCUT2D eigenvalue weighted by Gasteiger charge is -1.99. The number of anilines is 1. The molecule has 0 amide bonds. The molecule has 0 bridgehead atoms. The van der Waals surface area contributed by atoms with Crippen LogP contribution in [0.1, 0.15) is 5.56 Å². The standard InChI is InChI=1S/C10H10BrN3/c1-6-4-7(11)9-8(5-6)14-3-2-12-10(14)13-9/h4-5H,2-3H2,1H3,(H,12,13). The van der Waals surface area contributed by atoms with Gasteiger partial charge in [0.2, 0.25) is 5.95 Å². The van der Waals surface area contributed by atoms with Crippen molar-refractivity contribution in [2.24, 2.45) is 0 Å². The molecule has 3 rings (SSSR count). The quantitative estimate of drug-likeness (QED) is 0.780. The lowest BCUT2D eigenvalue weighted by Crippen LogP contribution is -1.95. The third kappa shape index (κ3) is 1.00. The van der Waals surface area contributed by atoms with Crippen molar-refractivity contribution in [2.45, 2.75) is 13.5 Å². The summed E-state index contributed by atoms with van der Waals surface area (Å²) in [4.78, 5) is 4.54. The third-order valence-corrected chi connectivity index (χ3v) is 3.17. The minimum Gasteiger partial charge on any atom is -0.354 e. The van der Waals surface area contributed by atoms with Crippen molar-refractivity contribution in [1.82, 2.24) is 9.55 Å². The number of aromatic nitrogens is 2. The second-order valence-corrected chi connectivity index (χ2v) is 4.48. The number of nitrogens with one attached hydrogen (secondary N) is 1. The van der Waals surface area contributed by atoms with E-state index in [-0.39, 0.29) is 0 Å². The van der Waals surface area contributed by atoms with Gasteiger partial charge in [0.05, 0.1) is 5.52 Å². The van der Waals surface area contributed by atoms with Gasteiger partial charge in [-0.25, -0.2) is 4.98 Å². The van der Waals surface area contributed by atoms with E-state index in [0.29, 0.717) is 0 Å². The summed E-state index contributed by atoms with van der Waals surface area (Å²) in [5, 5.41) is 3.27. The van der Waals surface area contributed by atoms with Crippen LogP contribution in [0.15, 0.2) is 16.6 Å². The number of fused-ring (bicyclic) bond motifs is 3. The molecule has 2 aromatic rings. The predicted molar refractivity (Wildman–Crippen MR) is 60.7 cm³/mol. The molecule has 2 heterocycles. The Morgan fingerprint density at radius 3 is 3.21 bits per heavy atom. The Labute approximate surface area is 90.3 Å². The van der Waals surface area contributed by atoms with Gasteiger partial charge in [-0.05, 0) is 40.5 Å². The molecular formula is C10H10BrN3. The van der Waals surface area contributed by atoms with Crippen LogP contribution < -0.4 is 5.32 Å². The molecule has 0 unspecified atom stereocenters. The molecule has 1 aliphatic heterocycles. The zero-order valence-electron chi connectivity index (χ0n) is 7.84. The fourth-order valence-electron chi connectivity index (χ4n) is 1.95. The summed E-state index contributed by atoms with van der Waals surface area (Å²) in [6.07, 6.45) is 0. The SMILES string of the molecule is Cc1cc(Br)c2nc3n(c2c1)CCN3. The average Bonchev–Trinajstić information content (AvgIpc) is 2.65. The highest BCUT2D eigenvalue weighted by Crippen LogP contribution is 2.29. The van der Waals surface area contributed by atoms with Crippen molar-refractivity contribution >= 4 is 32.9 Å². The summed E-state index contributed by atoms with van der Waals surface area (Å²) in [5.74, 6) is 0.992. The average molecular weight is 252 g/mol. The second kappa shape index (κ2) is 2.73. The van der Waals surface area contributed by atoms with Gasteiger partial charge in [-0.3, -0.25) is 0 Å². The van der Waals surface area contributed by atoms with Crippen molar-refractivity contribution in [1.29, 1.82) is 0 Å². The molecule has 0 saturated heterocycles. The van der Waals surface area contributed by atoms with E-state index in [2.05, 4.69) is 49.9 Å². The van der Waals surface area contributed by atoms with Gasteiger partial charge in [0.15, 0.2) is 0 Å². The zero-order valence-corrected chi connectivity index (χ0v) is 9.43. The van der Waals surface area contributed by atoms with Crippen molar-refractivity contribution in [3.63, 3.8) is 0 Å². The van der Waals surface area contributed by atoms with Crippen LogP contribution in [0.3, 0.4) is 0 Å². The molecule has 0 spiro atoms. The topological polar surface area (TPSA) is 29.9 Å². The molecular weight excluding hydrogens is 242 g/mol. The molecule has 1 aliphatic rings. The zero-order chi connectivity index (χ0) is 9.71. The number of aryl methyl sites for hydroxylation is 1. The maximum absolute atomic E-state index is 4.54. The highest BCUT2D eigenvalue weighted by atomic mass is 79.9. The van der Waals surface area contributed by atoms with Gasteiger partial charge in [-0.15, -0.1) is 0 Å². The van der Waals surface area contributed by atoms with E-state index in [1.165, 1.54) is 11.1 Å². The Hall–Kier alpha value is -1.03. The maximum Gasteiger partial charge on any atom is 0.204 e. The highest BCUT2D eigenvalue weighted by Gasteiger charge is 2.16. The molecule has 4 heteroatoms. The van der Waals surface area contributed by atoms with Crippen LogP contribution in [0.25, 0.3) is 11.0 Å². The van der Waals surface area contributed by atoms with E-state index < -0.39 is 0 Å². The minimum absolute atomic E-state index is 0.990. The van der Waals surface area contributed by atoms with Crippen LogP contribution in [0.4, 0.5) is 5.95 Å². The minimum atomic E-state index is 0.990. The van der Waals surface area contributed by atoms with E-state index >= 15 is 0 Å². The fourth-order valence-corrected chi connectivity index (χ4v) is 2.61. The van der Waals surface area contributed by atoms with Crippen LogP contribution in [0.5, 0.6) is 0 Å². The first-order chi connectivity index (χ1) is 6.75. The molecule has 0 radical (unpaired) electrons. The smallest absolute Gasteiger partial charge is 0.204 e. The lowest BCUT2D eigenvalue weighted by molar-refractivity contribution is 0.837. The summed E-state index contributed by atoms with van der Waals surface area (Å²) < 4.78 is 3.31. The largest absolute Gasteiger partial charge is 0.354 e. The number of nitrogens with zero attached hydrogens (tertiary/aromatic N) is 2. The van der Waals surface area contributed by atoms with Gasteiger partial charge in [0, 0.05) is 17.6 Å². The Morgan fingerprint density at radius 1 is 1.50 bits per heavy atom. The number of imidazole rings is 1. The van der Waals surface area contributed by atoms with E-state index in [9.17, 15) is 0 Å². The van der Waals surface area contributed by atoms with Crippen molar-refractivity contribution in [3.8, 4) is 0 Å². The van der Waals surface area contributed by atoms with Gasteiger partial charge < -0.3 is 9.88 Å². The first-order valence-corrected chi connectivity index (χ1v) is 5.45. The molecule has 0 fully saturated rings. The summed E-state index contributed by atoms with van der Waals surface area (Å²) >= 11 is 3.54. The van der Waals surface area contributed by atoms with Gasteiger partial charge in [-0.2, -0.15) is 0 Å². The number of benzene rings is 1. The van der Waals surface area contributed by atoms with Crippen LogP contribution in [0, 0.1) is 6.92 Å². The molecule has 1 N–H and O–H groups in total. The van der Waals surface area contributed by atoms with E-state index in [1.807, 2.05) is 0 Å². The first kappa shape index (κ1) is 8.29. The first-order valence-electron chi connectivity index (χ1n) is 4.66. The lowest BCUT2D eigenvalue weighted by atomic mass is 10.2. The van der Waals surface area contributed by atoms with E-state index in [4.69, 9.17) is 0 Å². The highest BCUT2D eigenvalue weighted by molar-refractivity contribution is 9.10. The van der Waals surface area contributed by atoms with Crippen molar-refractivity contribution in [3.05, 3.63) is 22.2 Å². The Morgan fingerprint density at radius 2 is 2.36 bits per heavy atom. The third-order valence-electron chi connectivity index (χ3n) is 2.57.